The molecule has 3 aliphatic rings. The minimum absolute atomic E-state index is 0.176. The van der Waals surface area contributed by atoms with Crippen LogP contribution in [0.5, 0.6) is 0 Å². The molecule has 1 aliphatic carbocycles. The van der Waals surface area contributed by atoms with Crippen LogP contribution < -0.4 is 4.90 Å². The largest absolute Gasteiger partial charge is 0.609 e. The summed E-state index contributed by atoms with van der Waals surface area (Å²) in [5.41, 5.74) is -0.626. The predicted octanol–water partition coefficient (Wildman–Crippen LogP) is 2.82. The fraction of sp³-hybridized carbons (Fsp3) is 0.714. The SMILES string of the molecule is C[S+]([O-])c1ncc2c(n1)N(C1CCCCC1)[C@]1(CCN(C(=O)OC(C)(C)C)C1=O)C2. The minimum atomic E-state index is -1.31. The van der Waals surface area contributed by atoms with Crippen molar-refractivity contribution in [1.29, 1.82) is 0 Å². The molecular formula is C21H30N4O4S. The number of carbonyl (C=O) groups excluding carboxylic acids is 2. The highest BCUT2D eigenvalue weighted by molar-refractivity contribution is 7.90. The van der Waals surface area contributed by atoms with Crippen LogP contribution in [0.2, 0.25) is 0 Å². The molecule has 9 heteroatoms. The van der Waals surface area contributed by atoms with E-state index in [1.165, 1.54) is 11.3 Å². The molecule has 2 fully saturated rings. The third-order valence-corrected chi connectivity index (χ3v) is 6.91. The van der Waals surface area contributed by atoms with Gasteiger partial charge in [-0.15, -0.1) is 0 Å². The quantitative estimate of drug-likeness (QED) is 0.521. The number of nitrogens with zero attached hydrogens (tertiary/aromatic N) is 4. The molecule has 1 aromatic rings. The van der Waals surface area contributed by atoms with Crippen molar-refractivity contribution in [2.45, 2.75) is 88.1 Å². The topological polar surface area (TPSA) is 98.7 Å². The number of carbonyl (C=O) groups is 2. The van der Waals surface area contributed by atoms with Crippen molar-refractivity contribution in [2.75, 3.05) is 17.7 Å². The van der Waals surface area contributed by atoms with Crippen LogP contribution in [0.4, 0.5) is 10.6 Å². The van der Waals surface area contributed by atoms with Crippen molar-refractivity contribution in [1.82, 2.24) is 14.9 Å². The lowest BCUT2D eigenvalue weighted by Gasteiger charge is -2.42. The van der Waals surface area contributed by atoms with Gasteiger partial charge in [-0.2, -0.15) is 9.97 Å². The van der Waals surface area contributed by atoms with E-state index in [9.17, 15) is 14.1 Å². The Balaban J connectivity index is 1.71. The van der Waals surface area contributed by atoms with Crippen molar-refractivity contribution in [3.63, 3.8) is 0 Å². The number of likely N-dealkylation sites (tertiary alicyclic amines) is 1. The van der Waals surface area contributed by atoms with Gasteiger partial charge < -0.3 is 14.2 Å². The number of aromatic nitrogens is 2. The summed E-state index contributed by atoms with van der Waals surface area (Å²) in [6.07, 6.45) is 9.03. The zero-order chi connectivity index (χ0) is 21.7. The van der Waals surface area contributed by atoms with E-state index in [4.69, 9.17) is 4.74 Å². The Morgan fingerprint density at radius 1 is 1.30 bits per heavy atom. The highest BCUT2D eigenvalue weighted by atomic mass is 32.2. The Kier molecular flexibility index (Phi) is 5.47. The zero-order valence-corrected chi connectivity index (χ0v) is 19.0. The molecule has 1 saturated carbocycles. The molecule has 0 aromatic carbocycles. The average molecular weight is 435 g/mol. The van der Waals surface area contributed by atoms with Gasteiger partial charge >= 0.3 is 11.2 Å². The van der Waals surface area contributed by atoms with E-state index in [-0.39, 0.29) is 17.1 Å². The summed E-state index contributed by atoms with van der Waals surface area (Å²) in [6, 6.07) is 0.176. The number of rotatable bonds is 2. The standard InChI is InChI=1S/C21H30N4O4S/c1-20(2,3)29-19(27)24-11-10-21(17(24)26)12-14-13-22-18(30(4)28)23-16(14)25(21)15-8-6-5-7-9-15/h13,15H,5-12H2,1-4H3/t21-,30?/m1/s1. The van der Waals surface area contributed by atoms with E-state index in [0.29, 0.717) is 25.2 Å². The van der Waals surface area contributed by atoms with Gasteiger partial charge in [0.05, 0.1) is 0 Å². The summed E-state index contributed by atoms with van der Waals surface area (Å²) in [7, 11) is 0. The molecule has 1 unspecified atom stereocenters. The maximum Gasteiger partial charge on any atom is 0.417 e. The van der Waals surface area contributed by atoms with Crippen LogP contribution in [0.1, 0.15) is 64.9 Å². The van der Waals surface area contributed by atoms with E-state index in [2.05, 4.69) is 14.9 Å². The first kappa shape index (κ1) is 21.4. The van der Waals surface area contributed by atoms with Gasteiger partial charge in [0.25, 0.3) is 5.91 Å². The molecule has 0 bridgehead atoms. The van der Waals surface area contributed by atoms with Gasteiger partial charge in [-0.25, -0.2) is 9.69 Å². The monoisotopic (exact) mass is 434 g/mol. The summed E-state index contributed by atoms with van der Waals surface area (Å²) in [4.78, 5) is 38.7. The van der Waals surface area contributed by atoms with E-state index >= 15 is 0 Å². The van der Waals surface area contributed by atoms with E-state index < -0.39 is 28.4 Å². The van der Waals surface area contributed by atoms with Gasteiger partial charge in [0.1, 0.15) is 23.2 Å². The second-order valence-corrected chi connectivity index (χ2v) is 10.8. The van der Waals surface area contributed by atoms with Crippen LogP contribution in [-0.2, 0) is 27.1 Å². The Hall–Kier alpha value is -1.87. The van der Waals surface area contributed by atoms with E-state index in [1.807, 2.05) is 0 Å². The first-order chi connectivity index (χ1) is 14.1. The lowest BCUT2D eigenvalue weighted by molar-refractivity contribution is -0.131. The van der Waals surface area contributed by atoms with Crippen molar-refractivity contribution in [2.24, 2.45) is 0 Å². The van der Waals surface area contributed by atoms with E-state index in [0.717, 1.165) is 31.2 Å². The van der Waals surface area contributed by atoms with Crippen molar-refractivity contribution in [3.8, 4) is 0 Å². The van der Waals surface area contributed by atoms with Crippen LogP contribution in [0.25, 0.3) is 0 Å². The van der Waals surface area contributed by atoms with Crippen LogP contribution in [0, 0.1) is 0 Å². The average Bonchev–Trinajstić information content (AvgIpc) is 3.18. The van der Waals surface area contributed by atoms with Crippen LogP contribution in [-0.4, -0.2) is 61.4 Å². The summed E-state index contributed by atoms with van der Waals surface area (Å²) in [5, 5.41) is 0.279. The number of anilines is 1. The number of fused-ring (bicyclic) bond motifs is 1. The van der Waals surface area contributed by atoms with Gasteiger partial charge in [-0.1, -0.05) is 19.3 Å². The third kappa shape index (κ3) is 3.66. The molecule has 2 aliphatic heterocycles. The Labute approximate surface area is 180 Å². The Morgan fingerprint density at radius 2 is 2.00 bits per heavy atom. The maximum absolute atomic E-state index is 13.7. The summed E-state index contributed by atoms with van der Waals surface area (Å²) in [6.45, 7) is 5.71. The number of amides is 2. The highest BCUT2D eigenvalue weighted by Crippen LogP contribution is 2.47. The second kappa shape index (κ2) is 7.67. The zero-order valence-electron chi connectivity index (χ0n) is 18.1. The molecule has 0 radical (unpaired) electrons. The first-order valence-corrected chi connectivity index (χ1v) is 12.2. The van der Waals surface area contributed by atoms with Gasteiger partial charge in [-0.05, 0) is 40.0 Å². The molecule has 3 heterocycles. The molecule has 4 rings (SSSR count). The lowest BCUT2D eigenvalue weighted by atomic mass is 9.87. The molecule has 2 amide bonds. The van der Waals surface area contributed by atoms with Crippen LogP contribution in [0.3, 0.4) is 0 Å². The van der Waals surface area contributed by atoms with Gasteiger partial charge in [0.15, 0.2) is 0 Å². The van der Waals surface area contributed by atoms with Crippen LogP contribution >= 0.6 is 0 Å². The molecule has 2 atom stereocenters. The summed E-state index contributed by atoms with van der Waals surface area (Å²) >= 11 is -1.31. The maximum atomic E-state index is 13.7. The molecule has 30 heavy (non-hydrogen) atoms. The smallest absolute Gasteiger partial charge is 0.417 e. The Bertz CT molecular complexity index is 850. The summed E-state index contributed by atoms with van der Waals surface area (Å²) < 4.78 is 17.5. The van der Waals surface area contributed by atoms with Gasteiger partial charge in [-0.3, -0.25) is 4.79 Å². The molecule has 8 nitrogen and oxygen atoms in total. The van der Waals surface area contributed by atoms with Gasteiger partial charge in [0, 0.05) is 41.9 Å². The molecule has 1 aromatic heterocycles. The number of imide groups is 1. The summed E-state index contributed by atoms with van der Waals surface area (Å²) in [5.74, 6) is 0.487. The fourth-order valence-corrected chi connectivity index (χ4v) is 5.37. The molecule has 164 valence electrons. The number of hydrogen-bond donors (Lipinski definition) is 0. The molecular weight excluding hydrogens is 404 g/mol. The minimum Gasteiger partial charge on any atom is -0.609 e. The number of ether oxygens (including phenoxy) is 1. The Morgan fingerprint density at radius 3 is 2.63 bits per heavy atom. The van der Waals surface area contributed by atoms with Crippen molar-refractivity contribution < 1.29 is 18.9 Å². The molecule has 1 spiro atoms. The van der Waals surface area contributed by atoms with Crippen LogP contribution in [0.15, 0.2) is 11.4 Å². The van der Waals surface area contributed by atoms with E-state index in [1.54, 1.807) is 33.2 Å². The second-order valence-electron chi connectivity index (χ2n) is 9.51. The number of hydrogen-bond acceptors (Lipinski definition) is 7. The third-order valence-electron chi connectivity index (χ3n) is 6.19. The van der Waals surface area contributed by atoms with Crippen molar-refractivity contribution in [3.05, 3.63) is 11.8 Å². The normalized spacial score (nSPS) is 25.7. The van der Waals surface area contributed by atoms with Crippen molar-refractivity contribution >= 4 is 29.0 Å². The highest BCUT2D eigenvalue weighted by Gasteiger charge is 2.59. The first-order valence-electron chi connectivity index (χ1n) is 10.7. The molecule has 1 saturated heterocycles. The molecule has 0 N–H and O–H groups in total. The van der Waals surface area contributed by atoms with Gasteiger partial charge in [0.2, 0.25) is 0 Å². The lowest BCUT2D eigenvalue weighted by Crippen LogP contribution is -2.58. The fourth-order valence-electron chi connectivity index (χ4n) is 4.95. The predicted molar refractivity (Wildman–Crippen MR) is 113 cm³/mol.